The zero-order chi connectivity index (χ0) is 55.6. The third kappa shape index (κ3) is 61.1. The number of likely N-dealkylation sites (N-methyl/N-ethyl adjacent to an activating group) is 1. The lowest BCUT2D eigenvalue weighted by atomic mass is 10.0. The predicted molar refractivity (Wildman–Crippen MR) is 330 cm³/mol. The molecule has 456 valence electrons. The summed E-state index contributed by atoms with van der Waals surface area (Å²) in [5.74, 6) is -0.154. The van der Waals surface area contributed by atoms with Gasteiger partial charge in [-0.1, -0.05) is 354 Å². The van der Waals surface area contributed by atoms with Crippen molar-refractivity contribution in [3.8, 4) is 0 Å². The third-order valence-corrected chi connectivity index (χ3v) is 17.3. The van der Waals surface area contributed by atoms with Crippen LogP contribution in [0.1, 0.15) is 373 Å². The summed E-state index contributed by atoms with van der Waals surface area (Å²) in [5.41, 5.74) is 0. The molecular weight excluding hydrogens is 960 g/mol. The number of carbonyl (C=O) groups excluding carboxylic acids is 1. The fourth-order valence-corrected chi connectivity index (χ4v) is 11.7. The lowest BCUT2D eigenvalue weighted by molar-refractivity contribution is -0.870. The molecule has 9 heteroatoms. The Kier molecular flexibility index (Phi) is 58.7. The first-order chi connectivity index (χ1) is 37.0. The van der Waals surface area contributed by atoms with Gasteiger partial charge in [0.05, 0.1) is 39.9 Å². The molecule has 0 aliphatic rings. The minimum Gasteiger partial charge on any atom is -0.756 e. The molecule has 0 fully saturated rings. The number of phosphoric ester groups is 1. The summed E-state index contributed by atoms with van der Waals surface area (Å²) in [6.45, 7) is 4.80. The van der Waals surface area contributed by atoms with E-state index in [9.17, 15) is 19.4 Å². The van der Waals surface area contributed by atoms with Crippen molar-refractivity contribution < 1.29 is 32.9 Å². The van der Waals surface area contributed by atoms with Crippen LogP contribution < -0.4 is 10.2 Å². The summed E-state index contributed by atoms with van der Waals surface area (Å²) < 4.78 is 23.5. The molecule has 0 saturated carbocycles. The second-order valence-corrected chi connectivity index (χ2v) is 26.7. The molecule has 0 aromatic rings. The van der Waals surface area contributed by atoms with Gasteiger partial charge < -0.3 is 28.8 Å². The molecule has 0 aromatic carbocycles. The second-order valence-electron chi connectivity index (χ2n) is 25.3. The maximum absolute atomic E-state index is 13.0. The normalized spacial score (nSPS) is 13.6. The average molecular weight is 1100 g/mol. The van der Waals surface area contributed by atoms with Crippen molar-refractivity contribution in [3.63, 3.8) is 0 Å². The molecular formula is C67H137N2O6P. The van der Waals surface area contributed by atoms with E-state index in [1.54, 1.807) is 0 Å². The van der Waals surface area contributed by atoms with Crippen LogP contribution in [0.2, 0.25) is 0 Å². The van der Waals surface area contributed by atoms with E-state index in [1.165, 1.54) is 308 Å². The number of hydrogen-bond acceptors (Lipinski definition) is 6. The third-order valence-electron chi connectivity index (χ3n) is 16.3. The second kappa shape index (κ2) is 59.1. The van der Waals surface area contributed by atoms with E-state index in [0.717, 1.165) is 38.5 Å². The Morgan fingerprint density at radius 1 is 0.408 bits per heavy atom. The first-order valence-corrected chi connectivity index (χ1v) is 35.8. The standard InChI is InChI=1S/C67H137N2O6P/c1-6-8-10-12-14-16-18-20-22-24-26-28-30-32-33-34-35-36-37-39-41-43-45-47-49-51-53-55-57-59-61-67(71)68-65(64-75-76(72,73)74-63-62-69(3,4)5)66(70)60-58-56-54-52-50-48-46-44-42-40-38-31-29-27-25-23-21-19-17-15-13-11-9-7-2/h65-66,70H,6-64H2,1-5H3,(H-,68,71,72,73). The quantitative estimate of drug-likeness (QED) is 0.0357. The lowest BCUT2D eigenvalue weighted by Gasteiger charge is -2.30. The van der Waals surface area contributed by atoms with Crippen molar-refractivity contribution in [1.29, 1.82) is 0 Å². The van der Waals surface area contributed by atoms with E-state index in [2.05, 4.69) is 19.2 Å². The fourth-order valence-electron chi connectivity index (χ4n) is 11.0. The number of quaternary nitrogens is 1. The first-order valence-electron chi connectivity index (χ1n) is 34.4. The van der Waals surface area contributed by atoms with Crippen molar-refractivity contribution in [2.45, 2.75) is 386 Å². The van der Waals surface area contributed by atoms with Gasteiger partial charge in [0.15, 0.2) is 0 Å². The Labute approximate surface area is 476 Å². The number of hydrogen-bond donors (Lipinski definition) is 2. The number of nitrogens with zero attached hydrogens (tertiary/aromatic N) is 1. The first kappa shape index (κ1) is 75.5. The van der Waals surface area contributed by atoms with Gasteiger partial charge in [-0.15, -0.1) is 0 Å². The maximum Gasteiger partial charge on any atom is 0.268 e. The predicted octanol–water partition coefficient (Wildman–Crippen LogP) is 20.9. The average Bonchev–Trinajstić information content (AvgIpc) is 3.38. The van der Waals surface area contributed by atoms with Crippen LogP contribution in [0.15, 0.2) is 0 Å². The van der Waals surface area contributed by atoms with E-state index in [4.69, 9.17) is 9.05 Å². The number of nitrogens with one attached hydrogen (secondary N) is 1. The molecule has 0 aliphatic carbocycles. The number of phosphoric acid groups is 1. The van der Waals surface area contributed by atoms with Gasteiger partial charge in [0, 0.05) is 6.42 Å². The van der Waals surface area contributed by atoms with E-state index in [1.807, 2.05) is 21.1 Å². The highest BCUT2D eigenvalue weighted by atomic mass is 31.2. The Morgan fingerprint density at radius 2 is 0.645 bits per heavy atom. The molecule has 0 radical (unpaired) electrons. The van der Waals surface area contributed by atoms with E-state index < -0.39 is 20.0 Å². The van der Waals surface area contributed by atoms with Crippen LogP contribution >= 0.6 is 7.82 Å². The van der Waals surface area contributed by atoms with E-state index in [-0.39, 0.29) is 19.1 Å². The van der Waals surface area contributed by atoms with Crippen LogP contribution in [-0.4, -0.2) is 68.5 Å². The van der Waals surface area contributed by atoms with Crippen molar-refractivity contribution in [2.24, 2.45) is 0 Å². The molecule has 8 nitrogen and oxygen atoms in total. The summed E-state index contributed by atoms with van der Waals surface area (Å²) in [7, 11) is 1.33. The molecule has 0 bridgehead atoms. The molecule has 3 unspecified atom stereocenters. The number of aliphatic hydroxyl groups is 1. The zero-order valence-electron chi connectivity index (χ0n) is 52.3. The van der Waals surface area contributed by atoms with Gasteiger partial charge >= 0.3 is 0 Å². The molecule has 2 N–H and O–H groups in total. The van der Waals surface area contributed by atoms with Gasteiger partial charge in [-0.2, -0.15) is 0 Å². The van der Waals surface area contributed by atoms with Crippen molar-refractivity contribution in [3.05, 3.63) is 0 Å². The number of aliphatic hydroxyl groups excluding tert-OH is 1. The zero-order valence-corrected chi connectivity index (χ0v) is 53.2. The van der Waals surface area contributed by atoms with Crippen LogP contribution in [0.25, 0.3) is 0 Å². The van der Waals surface area contributed by atoms with E-state index in [0.29, 0.717) is 23.9 Å². The highest BCUT2D eigenvalue weighted by molar-refractivity contribution is 7.45. The van der Waals surface area contributed by atoms with E-state index >= 15 is 0 Å². The maximum atomic E-state index is 13.0. The summed E-state index contributed by atoms with van der Waals surface area (Å²) in [6, 6.07) is -0.796. The summed E-state index contributed by atoms with van der Waals surface area (Å²) >= 11 is 0. The number of carbonyl (C=O) groups is 1. The molecule has 1 amide bonds. The van der Waals surface area contributed by atoms with Crippen LogP contribution in [0, 0.1) is 0 Å². The Hall–Kier alpha value is -0.500. The van der Waals surface area contributed by atoms with Gasteiger partial charge in [0.25, 0.3) is 7.82 Å². The van der Waals surface area contributed by atoms with Crippen molar-refractivity contribution >= 4 is 13.7 Å². The molecule has 0 spiro atoms. The Bertz CT molecular complexity index is 1200. The number of unbranched alkanes of at least 4 members (excludes halogenated alkanes) is 52. The van der Waals surface area contributed by atoms with Crippen molar-refractivity contribution in [2.75, 3.05) is 40.9 Å². The van der Waals surface area contributed by atoms with Gasteiger partial charge in [-0.3, -0.25) is 9.36 Å². The molecule has 0 aliphatic heterocycles. The number of amides is 1. The minimum atomic E-state index is -4.57. The number of rotatable bonds is 65. The van der Waals surface area contributed by atoms with Crippen LogP contribution in [0.3, 0.4) is 0 Å². The summed E-state index contributed by atoms with van der Waals surface area (Å²) in [5, 5.41) is 14.1. The highest BCUT2D eigenvalue weighted by Gasteiger charge is 2.24. The monoisotopic (exact) mass is 1100 g/mol. The largest absolute Gasteiger partial charge is 0.756 e. The highest BCUT2D eigenvalue weighted by Crippen LogP contribution is 2.38. The molecule has 0 aromatic heterocycles. The van der Waals surface area contributed by atoms with Gasteiger partial charge in [0.1, 0.15) is 13.2 Å². The minimum absolute atomic E-state index is 0.0169. The molecule has 76 heavy (non-hydrogen) atoms. The van der Waals surface area contributed by atoms with Crippen molar-refractivity contribution in [1.82, 2.24) is 5.32 Å². The van der Waals surface area contributed by atoms with Crippen LogP contribution in [-0.2, 0) is 18.4 Å². The van der Waals surface area contributed by atoms with Gasteiger partial charge in [0.2, 0.25) is 5.91 Å². The van der Waals surface area contributed by atoms with Crippen LogP contribution in [0.4, 0.5) is 0 Å². The molecule has 0 heterocycles. The smallest absolute Gasteiger partial charge is 0.268 e. The summed E-state index contributed by atoms with van der Waals surface area (Å²) in [4.78, 5) is 25.6. The molecule has 0 saturated heterocycles. The van der Waals surface area contributed by atoms with Crippen LogP contribution in [0.5, 0.6) is 0 Å². The molecule has 0 rings (SSSR count). The SMILES string of the molecule is CCCCCCCCCCCCCCCCCCCCCCCCCCCCCCCCC(=O)NC(COP(=O)([O-])OCC[N+](C)(C)C)C(O)CCCCCCCCCCCCCCCCCCCCCCCCCC. The fraction of sp³-hybridized carbons (Fsp3) is 0.985. The Balaban J connectivity index is 3.99. The lowest BCUT2D eigenvalue weighted by Crippen LogP contribution is -2.46. The van der Waals surface area contributed by atoms with Gasteiger partial charge in [-0.05, 0) is 12.8 Å². The Morgan fingerprint density at radius 3 is 0.895 bits per heavy atom. The topological polar surface area (TPSA) is 108 Å². The van der Waals surface area contributed by atoms with Gasteiger partial charge in [-0.25, -0.2) is 0 Å². The summed E-state index contributed by atoms with van der Waals surface area (Å²) in [6.07, 6.45) is 73.2. The molecule has 3 atom stereocenters.